The van der Waals surface area contributed by atoms with Gasteiger partial charge >= 0.3 is 0 Å². The van der Waals surface area contributed by atoms with Crippen LogP contribution in [0.5, 0.6) is 0 Å². The van der Waals surface area contributed by atoms with Crippen LogP contribution in [0.2, 0.25) is 0 Å². The van der Waals surface area contributed by atoms with Crippen molar-refractivity contribution in [3.05, 3.63) is 84.1 Å². The van der Waals surface area contributed by atoms with Gasteiger partial charge < -0.3 is 14.0 Å². The second kappa shape index (κ2) is 10.8. The van der Waals surface area contributed by atoms with Crippen LogP contribution in [0.4, 0.5) is 0 Å². The van der Waals surface area contributed by atoms with Gasteiger partial charge in [-0.15, -0.1) is 0 Å². The van der Waals surface area contributed by atoms with E-state index in [1.165, 1.54) is 6.42 Å². The smallest absolute Gasteiger partial charge is 0.241 e. The molecule has 36 heavy (non-hydrogen) atoms. The van der Waals surface area contributed by atoms with Crippen molar-refractivity contribution in [2.75, 3.05) is 20.6 Å². The van der Waals surface area contributed by atoms with Crippen molar-refractivity contribution in [2.45, 2.75) is 62.1 Å². The van der Waals surface area contributed by atoms with Crippen LogP contribution < -0.4 is 4.72 Å². The Balaban J connectivity index is 1.49. The van der Waals surface area contributed by atoms with E-state index in [0.717, 1.165) is 31.2 Å². The Labute approximate surface area is 214 Å². The van der Waals surface area contributed by atoms with Crippen LogP contribution in [0.1, 0.15) is 56.2 Å². The number of hydrogen-bond acceptors (Lipinski definition) is 5. The Morgan fingerprint density at radius 3 is 2.31 bits per heavy atom. The third kappa shape index (κ3) is 6.06. The molecule has 1 aliphatic rings. The van der Waals surface area contributed by atoms with E-state index in [1.807, 2.05) is 51.4 Å². The van der Waals surface area contributed by atoms with Crippen molar-refractivity contribution in [2.24, 2.45) is 5.92 Å². The fourth-order valence-electron chi connectivity index (χ4n) is 5.50. The summed E-state index contributed by atoms with van der Waals surface area (Å²) in [5.74, 6) is 1.06. The monoisotopic (exact) mass is 512 g/mol. The van der Waals surface area contributed by atoms with Gasteiger partial charge in [-0.3, -0.25) is 0 Å². The lowest BCUT2D eigenvalue weighted by atomic mass is 9.73. The lowest BCUT2D eigenvalue weighted by molar-refractivity contribution is -0.905. The molecular weight excluding hydrogens is 474 g/mol. The first-order chi connectivity index (χ1) is 17.1. The largest absolute Gasteiger partial charge is 0.436 e. The average Bonchev–Trinajstić information content (AvgIpc) is 3.32. The Hall–Kier alpha value is -2.52. The van der Waals surface area contributed by atoms with Crippen LogP contribution in [-0.2, 0) is 22.2 Å². The molecule has 1 fully saturated rings. The first-order valence-corrected chi connectivity index (χ1v) is 14.2. The highest BCUT2D eigenvalue weighted by molar-refractivity contribution is 7.89. The van der Waals surface area contributed by atoms with E-state index in [-0.39, 0.29) is 16.9 Å². The predicted molar refractivity (Wildman–Crippen MR) is 139 cm³/mol. The summed E-state index contributed by atoms with van der Waals surface area (Å²) >= 11 is 0. The van der Waals surface area contributed by atoms with Gasteiger partial charge in [0.25, 0.3) is 0 Å². The maximum Gasteiger partial charge on any atom is 0.241 e. The molecule has 0 radical (unpaired) electrons. The Morgan fingerprint density at radius 1 is 1.06 bits per heavy atom. The van der Waals surface area contributed by atoms with E-state index in [1.54, 1.807) is 36.5 Å². The topological polar surface area (TPSA) is 92.4 Å². The summed E-state index contributed by atoms with van der Waals surface area (Å²) < 4.78 is 34.9. The number of rotatable bonds is 10. The molecule has 1 saturated carbocycles. The molecule has 0 saturated heterocycles. The molecule has 2 aromatic carbocycles. The molecule has 4 rings (SSSR count). The minimum Gasteiger partial charge on any atom is -0.436 e. The molecular formula is C28H38N3O4S+. The van der Waals surface area contributed by atoms with Crippen LogP contribution >= 0.6 is 0 Å². The quantitative estimate of drug-likeness (QED) is 0.392. The zero-order valence-corrected chi connectivity index (χ0v) is 22.2. The van der Waals surface area contributed by atoms with Crippen molar-refractivity contribution in [1.29, 1.82) is 0 Å². The number of oxazole rings is 1. The van der Waals surface area contributed by atoms with Crippen LogP contribution in [0, 0.1) is 5.92 Å². The minimum absolute atomic E-state index is 0.0510. The molecule has 2 atom stereocenters. The number of quaternary nitrogens is 1. The van der Waals surface area contributed by atoms with E-state index in [2.05, 4.69) is 9.71 Å². The highest BCUT2D eigenvalue weighted by Gasteiger charge is 2.45. The number of sulfonamides is 1. The SMILES string of the molecule is CC(C[N+](C)(C)Cc1cnc(C(O)(c2ccccc2)C2CCCCC2)o1)NS(=O)(=O)c1ccccc1. The summed E-state index contributed by atoms with van der Waals surface area (Å²) in [7, 11) is 0.464. The standard InChI is InChI=1S/C28H38N3O4S/c1-22(30-36(33,34)26-17-11-6-12-18-26)20-31(2,3)21-25-19-29-27(35-25)28(32,23-13-7-4-8-14-23)24-15-9-5-10-16-24/h4,6-8,11-14,17-19,22,24,30,32H,5,9-10,15-16,20-21H2,1-3H3/q+1. The zero-order valence-electron chi connectivity index (χ0n) is 21.4. The summed E-state index contributed by atoms with van der Waals surface area (Å²) in [5.41, 5.74) is -0.460. The maximum absolute atomic E-state index is 12.7. The summed E-state index contributed by atoms with van der Waals surface area (Å²) in [6.07, 6.45) is 6.94. The van der Waals surface area contributed by atoms with Crippen LogP contribution in [0.25, 0.3) is 0 Å². The first-order valence-electron chi connectivity index (χ1n) is 12.7. The number of likely N-dealkylation sites (N-methyl/N-ethyl adjacent to an activating group) is 1. The number of hydrogen-bond donors (Lipinski definition) is 2. The van der Waals surface area contributed by atoms with Gasteiger partial charge in [0.2, 0.25) is 15.9 Å². The average molecular weight is 513 g/mol. The molecule has 2 unspecified atom stereocenters. The van der Waals surface area contributed by atoms with Gasteiger partial charge in [-0.25, -0.2) is 18.1 Å². The first kappa shape index (κ1) is 26.5. The second-order valence-electron chi connectivity index (χ2n) is 10.7. The van der Waals surface area contributed by atoms with E-state index < -0.39 is 15.6 Å². The molecule has 0 spiro atoms. The fraction of sp³-hybridized carbons (Fsp3) is 0.464. The van der Waals surface area contributed by atoms with Crippen molar-refractivity contribution in [1.82, 2.24) is 9.71 Å². The predicted octanol–water partition coefficient (Wildman–Crippen LogP) is 4.43. The highest BCUT2D eigenvalue weighted by Crippen LogP contribution is 2.43. The molecule has 3 aromatic rings. The zero-order chi connectivity index (χ0) is 25.8. The molecule has 1 aromatic heterocycles. The molecule has 1 heterocycles. The number of aromatic nitrogens is 1. The van der Waals surface area contributed by atoms with E-state index >= 15 is 0 Å². The van der Waals surface area contributed by atoms with Gasteiger partial charge in [0, 0.05) is 5.92 Å². The van der Waals surface area contributed by atoms with Gasteiger partial charge in [-0.05, 0) is 37.5 Å². The third-order valence-electron chi connectivity index (χ3n) is 7.05. The summed E-state index contributed by atoms with van der Waals surface area (Å²) in [4.78, 5) is 4.82. The minimum atomic E-state index is -3.59. The molecule has 0 aliphatic heterocycles. The number of benzene rings is 2. The van der Waals surface area contributed by atoms with Gasteiger partial charge in [-0.2, -0.15) is 0 Å². The number of nitrogens with one attached hydrogen (secondary N) is 1. The van der Waals surface area contributed by atoms with Crippen LogP contribution in [-0.4, -0.2) is 49.7 Å². The summed E-state index contributed by atoms with van der Waals surface area (Å²) in [6, 6.07) is 17.8. The molecule has 0 amide bonds. The molecule has 0 bridgehead atoms. The van der Waals surface area contributed by atoms with Gasteiger partial charge in [0.15, 0.2) is 11.4 Å². The normalized spacial score (nSPS) is 18.0. The Bertz CT molecular complexity index is 1220. The summed E-state index contributed by atoms with van der Waals surface area (Å²) in [6.45, 7) is 2.93. The van der Waals surface area contributed by atoms with E-state index in [4.69, 9.17) is 4.42 Å². The number of nitrogens with zero attached hydrogens (tertiary/aromatic N) is 2. The van der Waals surface area contributed by atoms with Gasteiger partial charge in [-0.1, -0.05) is 67.8 Å². The highest BCUT2D eigenvalue weighted by atomic mass is 32.2. The second-order valence-corrected chi connectivity index (χ2v) is 12.4. The fourth-order valence-corrected chi connectivity index (χ4v) is 6.76. The third-order valence-corrected chi connectivity index (χ3v) is 8.66. The lowest BCUT2D eigenvalue weighted by Crippen LogP contribution is -2.49. The molecule has 194 valence electrons. The molecule has 1 aliphatic carbocycles. The maximum atomic E-state index is 12.7. The molecule has 8 heteroatoms. The lowest BCUT2D eigenvalue weighted by Gasteiger charge is -2.36. The molecule has 7 nitrogen and oxygen atoms in total. The number of aliphatic hydroxyl groups is 1. The van der Waals surface area contributed by atoms with Crippen LogP contribution in [0.3, 0.4) is 0 Å². The van der Waals surface area contributed by atoms with Crippen molar-refractivity contribution < 1.29 is 22.4 Å². The van der Waals surface area contributed by atoms with Crippen molar-refractivity contribution in [3.63, 3.8) is 0 Å². The Morgan fingerprint density at radius 2 is 1.67 bits per heavy atom. The van der Waals surface area contributed by atoms with E-state index in [0.29, 0.717) is 29.2 Å². The van der Waals surface area contributed by atoms with Gasteiger partial charge in [0.1, 0.15) is 6.54 Å². The molecule has 2 N–H and O–H groups in total. The van der Waals surface area contributed by atoms with Gasteiger partial charge in [0.05, 0.1) is 37.8 Å². The summed E-state index contributed by atoms with van der Waals surface area (Å²) in [5, 5.41) is 12.0. The van der Waals surface area contributed by atoms with Crippen LogP contribution in [0.15, 0.2) is 76.2 Å². The van der Waals surface area contributed by atoms with Crippen molar-refractivity contribution >= 4 is 10.0 Å². The Kier molecular flexibility index (Phi) is 7.99. The van der Waals surface area contributed by atoms with E-state index in [9.17, 15) is 13.5 Å². The van der Waals surface area contributed by atoms with Crippen molar-refractivity contribution in [3.8, 4) is 0 Å².